The minimum atomic E-state index is -0.207. The SMILES string of the molecule is CC(C)C(=O)N(Cc1ccccc1Cl)C[C@H]1CC(c2ccccc2Cl)=NO1. The molecular weight excluding hydrogens is 383 g/mol. The molecule has 1 aliphatic rings. The molecule has 6 heteroatoms. The van der Waals surface area contributed by atoms with Crippen LogP contribution in [0.4, 0.5) is 0 Å². The van der Waals surface area contributed by atoms with E-state index in [0.717, 1.165) is 16.8 Å². The van der Waals surface area contributed by atoms with Crippen LogP contribution in [0.25, 0.3) is 0 Å². The molecule has 0 bridgehead atoms. The molecular formula is C21H22Cl2N2O2. The highest BCUT2D eigenvalue weighted by Crippen LogP contribution is 2.25. The Labute approximate surface area is 169 Å². The van der Waals surface area contributed by atoms with E-state index in [1.165, 1.54) is 0 Å². The van der Waals surface area contributed by atoms with Gasteiger partial charge in [-0.05, 0) is 17.7 Å². The Bertz CT molecular complexity index is 852. The minimum Gasteiger partial charge on any atom is -0.390 e. The van der Waals surface area contributed by atoms with Crippen LogP contribution in [0.15, 0.2) is 53.7 Å². The van der Waals surface area contributed by atoms with Gasteiger partial charge in [0.25, 0.3) is 0 Å². The van der Waals surface area contributed by atoms with Crippen molar-refractivity contribution < 1.29 is 9.63 Å². The average molecular weight is 405 g/mol. The first kappa shape index (κ1) is 19.7. The Morgan fingerprint density at radius 1 is 1.15 bits per heavy atom. The number of nitrogens with zero attached hydrogens (tertiary/aromatic N) is 2. The summed E-state index contributed by atoms with van der Waals surface area (Å²) < 4.78 is 0. The third-order valence-corrected chi connectivity index (χ3v) is 5.16. The first-order valence-corrected chi connectivity index (χ1v) is 9.71. The molecule has 0 saturated carbocycles. The zero-order valence-electron chi connectivity index (χ0n) is 15.4. The molecule has 0 radical (unpaired) electrons. The molecule has 0 aromatic heterocycles. The molecule has 4 nitrogen and oxygen atoms in total. The van der Waals surface area contributed by atoms with Gasteiger partial charge in [0.15, 0.2) is 6.10 Å². The van der Waals surface area contributed by atoms with Gasteiger partial charge < -0.3 is 9.74 Å². The van der Waals surface area contributed by atoms with Crippen molar-refractivity contribution in [3.8, 4) is 0 Å². The van der Waals surface area contributed by atoms with Gasteiger partial charge in [-0.3, -0.25) is 4.79 Å². The monoisotopic (exact) mass is 404 g/mol. The molecule has 1 heterocycles. The largest absolute Gasteiger partial charge is 0.390 e. The number of carbonyl (C=O) groups is 1. The number of carbonyl (C=O) groups excluding carboxylic acids is 1. The van der Waals surface area contributed by atoms with Crippen molar-refractivity contribution in [2.45, 2.75) is 32.9 Å². The van der Waals surface area contributed by atoms with E-state index < -0.39 is 0 Å². The molecule has 0 saturated heterocycles. The van der Waals surface area contributed by atoms with Gasteiger partial charge in [0.2, 0.25) is 5.91 Å². The molecule has 3 rings (SSSR count). The second kappa shape index (κ2) is 8.77. The van der Waals surface area contributed by atoms with Crippen molar-refractivity contribution in [2.75, 3.05) is 6.54 Å². The molecule has 1 aliphatic heterocycles. The molecule has 2 aromatic carbocycles. The van der Waals surface area contributed by atoms with Crippen molar-refractivity contribution in [1.29, 1.82) is 0 Å². The summed E-state index contributed by atoms with van der Waals surface area (Å²) >= 11 is 12.5. The third-order valence-electron chi connectivity index (χ3n) is 4.47. The van der Waals surface area contributed by atoms with E-state index >= 15 is 0 Å². The third kappa shape index (κ3) is 4.82. The van der Waals surface area contributed by atoms with E-state index in [9.17, 15) is 4.79 Å². The van der Waals surface area contributed by atoms with Crippen LogP contribution in [-0.4, -0.2) is 29.2 Å². The second-order valence-corrected chi connectivity index (χ2v) is 7.73. The molecule has 2 aromatic rings. The maximum absolute atomic E-state index is 12.7. The lowest BCUT2D eigenvalue weighted by molar-refractivity contribution is -0.136. The van der Waals surface area contributed by atoms with Crippen LogP contribution < -0.4 is 0 Å². The molecule has 0 unspecified atom stereocenters. The van der Waals surface area contributed by atoms with E-state index in [2.05, 4.69) is 5.16 Å². The summed E-state index contributed by atoms with van der Waals surface area (Å²) in [6.45, 7) is 4.67. The standard InChI is InChI=1S/C21H22Cl2N2O2/c1-14(2)21(26)25(12-15-7-3-5-9-18(15)22)13-16-11-20(24-27-16)17-8-4-6-10-19(17)23/h3-10,14,16H,11-13H2,1-2H3/t16-/m1/s1. The molecule has 0 spiro atoms. The molecule has 0 N–H and O–H groups in total. The van der Waals surface area contributed by atoms with Gasteiger partial charge >= 0.3 is 0 Å². The van der Waals surface area contributed by atoms with Crippen LogP contribution in [-0.2, 0) is 16.2 Å². The fourth-order valence-corrected chi connectivity index (χ4v) is 3.50. The quantitative estimate of drug-likeness (QED) is 0.665. The predicted molar refractivity (Wildman–Crippen MR) is 109 cm³/mol. The molecule has 27 heavy (non-hydrogen) atoms. The Kier molecular flexibility index (Phi) is 6.40. The van der Waals surface area contributed by atoms with E-state index in [-0.39, 0.29) is 17.9 Å². The maximum atomic E-state index is 12.7. The molecule has 1 amide bonds. The van der Waals surface area contributed by atoms with E-state index in [1.807, 2.05) is 62.4 Å². The minimum absolute atomic E-state index is 0.0599. The number of hydrogen-bond acceptors (Lipinski definition) is 3. The molecule has 0 aliphatic carbocycles. The number of amides is 1. The van der Waals surface area contributed by atoms with Crippen LogP contribution in [0, 0.1) is 5.92 Å². The summed E-state index contributed by atoms with van der Waals surface area (Å²) in [5.41, 5.74) is 2.59. The fourth-order valence-electron chi connectivity index (χ4n) is 3.06. The number of hydrogen-bond donors (Lipinski definition) is 0. The van der Waals surface area contributed by atoms with Crippen LogP contribution in [0.5, 0.6) is 0 Å². The van der Waals surface area contributed by atoms with Crippen LogP contribution in [0.1, 0.15) is 31.4 Å². The van der Waals surface area contributed by atoms with Crippen LogP contribution in [0.3, 0.4) is 0 Å². The smallest absolute Gasteiger partial charge is 0.225 e. The number of halogens is 2. The van der Waals surface area contributed by atoms with E-state index in [1.54, 1.807) is 4.90 Å². The summed E-state index contributed by atoms with van der Waals surface area (Å²) in [4.78, 5) is 20.1. The first-order chi connectivity index (χ1) is 13.0. The second-order valence-electron chi connectivity index (χ2n) is 6.91. The zero-order chi connectivity index (χ0) is 19.4. The Morgan fingerprint density at radius 2 is 1.81 bits per heavy atom. The zero-order valence-corrected chi connectivity index (χ0v) is 16.9. The van der Waals surface area contributed by atoms with Gasteiger partial charge in [-0.1, -0.05) is 78.6 Å². The highest BCUT2D eigenvalue weighted by atomic mass is 35.5. The van der Waals surface area contributed by atoms with Gasteiger partial charge in [0, 0.05) is 34.5 Å². The molecule has 0 fully saturated rings. The van der Waals surface area contributed by atoms with Crippen molar-refractivity contribution >= 4 is 34.8 Å². The fraction of sp³-hybridized carbons (Fsp3) is 0.333. The lowest BCUT2D eigenvalue weighted by Gasteiger charge is -2.27. The van der Waals surface area contributed by atoms with Crippen LogP contribution >= 0.6 is 23.2 Å². The maximum Gasteiger partial charge on any atom is 0.225 e. The summed E-state index contributed by atoms with van der Waals surface area (Å²) in [7, 11) is 0. The summed E-state index contributed by atoms with van der Waals surface area (Å²) in [5, 5.41) is 5.50. The van der Waals surface area contributed by atoms with Crippen molar-refractivity contribution in [1.82, 2.24) is 4.90 Å². The normalized spacial score (nSPS) is 16.2. The average Bonchev–Trinajstić information content (AvgIpc) is 3.11. The number of benzene rings is 2. The van der Waals surface area contributed by atoms with Crippen LogP contribution in [0.2, 0.25) is 10.0 Å². The van der Waals surface area contributed by atoms with Crippen molar-refractivity contribution in [3.05, 3.63) is 69.7 Å². The topological polar surface area (TPSA) is 41.9 Å². The van der Waals surface area contributed by atoms with Gasteiger partial charge in [-0.25, -0.2) is 0 Å². The summed E-state index contributed by atoms with van der Waals surface area (Å²) in [6, 6.07) is 15.1. The highest BCUT2D eigenvalue weighted by molar-refractivity contribution is 6.34. The van der Waals surface area contributed by atoms with Gasteiger partial charge in [-0.2, -0.15) is 0 Å². The lowest BCUT2D eigenvalue weighted by Crippen LogP contribution is -2.39. The van der Waals surface area contributed by atoms with Gasteiger partial charge in [0.1, 0.15) is 0 Å². The van der Waals surface area contributed by atoms with E-state index in [0.29, 0.717) is 29.6 Å². The van der Waals surface area contributed by atoms with E-state index in [4.69, 9.17) is 28.0 Å². The van der Waals surface area contributed by atoms with Crippen molar-refractivity contribution in [2.24, 2.45) is 11.1 Å². The predicted octanol–water partition coefficient (Wildman–Crippen LogP) is 5.17. The molecule has 142 valence electrons. The summed E-state index contributed by atoms with van der Waals surface area (Å²) in [5.74, 6) is -0.0532. The Hall–Kier alpha value is -2.04. The molecule has 1 atom stereocenters. The first-order valence-electron chi connectivity index (χ1n) is 8.95. The number of oxime groups is 1. The van der Waals surface area contributed by atoms with Crippen molar-refractivity contribution in [3.63, 3.8) is 0 Å². The van der Waals surface area contributed by atoms with Gasteiger partial charge in [-0.15, -0.1) is 0 Å². The Morgan fingerprint density at radius 3 is 2.48 bits per heavy atom. The highest BCUT2D eigenvalue weighted by Gasteiger charge is 2.28. The Balaban J connectivity index is 1.71. The lowest BCUT2D eigenvalue weighted by atomic mass is 10.0. The summed E-state index contributed by atoms with van der Waals surface area (Å²) in [6.07, 6.45) is 0.398. The number of rotatable bonds is 6. The van der Waals surface area contributed by atoms with Gasteiger partial charge in [0.05, 0.1) is 12.3 Å².